The lowest BCUT2D eigenvalue weighted by Gasteiger charge is -2.08. The SMILES string of the molecule is Cc1nc2ccccn2c1-c1nc(Nc2ccc(C(=O)Nc3cccnc3N)cc2)sc1C. The van der Waals surface area contributed by atoms with Crippen molar-refractivity contribution in [3.05, 3.63) is 83.1 Å². The van der Waals surface area contributed by atoms with Gasteiger partial charge in [-0.15, -0.1) is 11.3 Å². The molecule has 164 valence electrons. The summed E-state index contributed by atoms with van der Waals surface area (Å²) in [6.07, 6.45) is 3.58. The van der Waals surface area contributed by atoms with E-state index < -0.39 is 0 Å². The Labute approximate surface area is 194 Å². The number of thiazole rings is 1. The molecule has 9 heteroatoms. The Bertz CT molecular complexity index is 1470. The highest BCUT2D eigenvalue weighted by molar-refractivity contribution is 7.16. The van der Waals surface area contributed by atoms with Crippen LogP contribution in [0.1, 0.15) is 20.9 Å². The van der Waals surface area contributed by atoms with Gasteiger partial charge in [0.15, 0.2) is 5.13 Å². The molecule has 0 fully saturated rings. The van der Waals surface area contributed by atoms with Crippen molar-refractivity contribution in [3.8, 4) is 11.4 Å². The summed E-state index contributed by atoms with van der Waals surface area (Å²) in [6.45, 7) is 4.05. The number of nitrogens with zero attached hydrogens (tertiary/aromatic N) is 4. The molecule has 0 aliphatic heterocycles. The molecule has 4 N–H and O–H groups in total. The van der Waals surface area contributed by atoms with Crippen molar-refractivity contribution < 1.29 is 4.79 Å². The molecular weight excluding hydrogens is 434 g/mol. The maximum atomic E-state index is 12.5. The molecule has 4 heterocycles. The van der Waals surface area contributed by atoms with Gasteiger partial charge in [0, 0.05) is 28.5 Å². The van der Waals surface area contributed by atoms with E-state index in [0.717, 1.165) is 38.4 Å². The molecule has 0 aliphatic rings. The van der Waals surface area contributed by atoms with Gasteiger partial charge in [0.2, 0.25) is 0 Å². The van der Waals surface area contributed by atoms with Crippen LogP contribution in [-0.4, -0.2) is 25.3 Å². The Morgan fingerprint density at radius 1 is 1.03 bits per heavy atom. The molecule has 0 unspecified atom stereocenters. The number of hydrogen-bond acceptors (Lipinski definition) is 7. The number of anilines is 4. The van der Waals surface area contributed by atoms with Crippen LogP contribution in [0.15, 0.2) is 67.0 Å². The van der Waals surface area contributed by atoms with Gasteiger partial charge in [-0.2, -0.15) is 0 Å². The Morgan fingerprint density at radius 2 is 1.85 bits per heavy atom. The summed E-state index contributed by atoms with van der Waals surface area (Å²) >= 11 is 1.58. The van der Waals surface area contributed by atoms with Crippen LogP contribution in [-0.2, 0) is 0 Å². The quantitative estimate of drug-likeness (QED) is 0.342. The third kappa shape index (κ3) is 4.01. The number of aryl methyl sites for hydroxylation is 2. The zero-order chi connectivity index (χ0) is 22.9. The second-order valence-electron chi connectivity index (χ2n) is 7.49. The summed E-state index contributed by atoms with van der Waals surface area (Å²) in [5, 5.41) is 6.88. The van der Waals surface area contributed by atoms with E-state index in [9.17, 15) is 4.79 Å². The van der Waals surface area contributed by atoms with Crippen LogP contribution in [0.3, 0.4) is 0 Å². The molecule has 0 atom stereocenters. The van der Waals surface area contributed by atoms with E-state index in [2.05, 4.69) is 31.9 Å². The van der Waals surface area contributed by atoms with Crippen molar-refractivity contribution in [3.63, 3.8) is 0 Å². The number of carbonyl (C=O) groups excluding carboxylic acids is 1. The molecule has 0 radical (unpaired) electrons. The van der Waals surface area contributed by atoms with Crippen LogP contribution in [0.5, 0.6) is 0 Å². The van der Waals surface area contributed by atoms with Crippen LogP contribution in [0.2, 0.25) is 0 Å². The van der Waals surface area contributed by atoms with Crippen LogP contribution >= 0.6 is 11.3 Å². The zero-order valence-corrected chi connectivity index (χ0v) is 18.9. The average molecular weight is 456 g/mol. The van der Waals surface area contributed by atoms with Gasteiger partial charge in [-0.05, 0) is 62.4 Å². The first-order valence-electron chi connectivity index (χ1n) is 10.3. The van der Waals surface area contributed by atoms with Crippen molar-refractivity contribution in [2.24, 2.45) is 0 Å². The lowest BCUT2D eigenvalue weighted by atomic mass is 10.2. The minimum Gasteiger partial charge on any atom is -0.382 e. The molecule has 5 rings (SSSR count). The van der Waals surface area contributed by atoms with E-state index in [0.29, 0.717) is 11.3 Å². The maximum Gasteiger partial charge on any atom is 0.255 e. The van der Waals surface area contributed by atoms with Crippen molar-refractivity contribution in [2.75, 3.05) is 16.4 Å². The van der Waals surface area contributed by atoms with E-state index >= 15 is 0 Å². The minimum atomic E-state index is -0.253. The topological polar surface area (TPSA) is 110 Å². The number of aromatic nitrogens is 4. The van der Waals surface area contributed by atoms with Crippen LogP contribution < -0.4 is 16.4 Å². The zero-order valence-electron chi connectivity index (χ0n) is 18.0. The number of amides is 1. The molecule has 8 nitrogen and oxygen atoms in total. The van der Waals surface area contributed by atoms with Crippen LogP contribution in [0.25, 0.3) is 17.0 Å². The monoisotopic (exact) mass is 455 g/mol. The third-order valence-electron chi connectivity index (χ3n) is 5.21. The Hall–Kier alpha value is -4.24. The van der Waals surface area contributed by atoms with Gasteiger partial charge in [0.1, 0.15) is 17.2 Å². The first kappa shape index (κ1) is 20.7. The van der Waals surface area contributed by atoms with E-state index in [1.54, 1.807) is 41.8 Å². The number of hydrogen-bond donors (Lipinski definition) is 3. The van der Waals surface area contributed by atoms with Gasteiger partial charge < -0.3 is 16.4 Å². The van der Waals surface area contributed by atoms with Crippen LogP contribution in [0, 0.1) is 13.8 Å². The first-order chi connectivity index (χ1) is 16.0. The first-order valence-corrected chi connectivity index (χ1v) is 11.1. The third-order valence-corrected chi connectivity index (χ3v) is 6.10. The largest absolute Gasteiger partial charge is 0.382 e. The number of nitrogen functional groups attached to an aromatic ring is 1. The number of nitrogens with one attached hydrogen (secondary N) is 2. The maximum absolute atomic E-state index is 12.5. The summed E-state index contributed by atoms with van der Waals surface area (Å²) in [5.41, 5.74) is 11.4. The average Bonchev–Trinajstić information content (AvgIpc) is 3.33. The Kier molecular flexibility index (Phi) is 5.23. The Morgan fingerprint density at radius 3 is 2.64 bits per heavy atom. The number of nitrogens with two attached hydrogens (primary N) is 1. The lowest BCUT2D eigenvalue weighted by molar-refractivity contribution is 0.102. The summed E-state index contributed by atoms with van der Waals surface area (Å²) in [4.78, 5) is 27.1. The number of rotatable bonds is 5. The molecule has 0 bridgehead atoms. The number of pyridine rings is 2. The number of fused-ring (bicyclic) bond motifs is 1. The smallest absolute Gasteiger partial charge is 0.255 e. The molecule has 0 spiro atoms. The summed E-state index contributed by atoms with van der Waals surface area (Å²) < 4.78 is 2.06. The molecule has 1 amide bonds. The van der Waals surface area contributed by atoms with Crippen molar-refractivity contribution in [1.29, 1.82) is 0 Å². The Balaban J connectivity index is 1.35. The van der Waals surface area contributed by atoms with E-state index in [1.165, 1.54) is 0 Å². The normalized spacial score (nSPS) is 11.0. The molecule has 33 heavy (non-hydrogen) atoms. The highest BCUT2D eigenvalue weighted by Crippen LogP contribution is 2.34. The molecule has 0 aliphatic carbocycles. The van der Waals surface area contributed by atoms with Crippen LogP contribution in [0.4, 0.5) is 22.3 Å². The second kappa shape index (κ2) is 8.36. The molecule has 5 aromatic rings. The van der Waals surface area contributed by atoms with E-state index in [-0.39, 0.29) is 11.7 Å². The van der Waals surface area contributed by atoms with Gasteiger partial charge >= 0.3 is 0 Å². The number of imidazole rings is 1. The summed E-state index contributed by atoms with van der Waals surface area (Å²) in [7, 11) is 0. The fourth-order valence-electron chi connectivity index (χ4n) is 3.61. The van der Waals surface area contributed by atoms with E-state index in [1.807, 2.05) is 43.5 Å². The molecule has 4 aromatic heterocycles. The highest BCUT2D eigenvalue weighted by Gasteiger charge is 2.17. The molecular formula is C24H21N7OS. The predicted octanol–water partition coefficient (Wildman–Crippen LogP) is 5.05. The highest BCUT2D eigenvalue weighted by atomic mass is 32.1. The lowest BCUT2D eigenvalue weighted by Crippen LogP contribution is -2.13. The molecule has 0 saturated carbocycles. The number of benzene rings is 1. The predicted molar refractivity (Wildman–Crippen MR) is 132 cm³/mol. The van der Waals surface area contributed by atoms with Crippen molar-refractivity contribution in [2.45, 2.75) is 13.8 Å². The molecule has 1 aromatic carbocycles. The standard InChI is InChI=1S/C24H21N7OS/c1-14-21(31-13-4-3-7-19(31)27-14)20-15(2)33-24(30-20)28-17-10-8-16(9-11-17)23(32)29-18-6-5-12-26-22(18)25/h3-13H,1-2H3,(H2,25,26)(H,28,30)(H,29,32). The summed E-state index contributed by atoms with van der Waals surface area (Å²) in [5.74, 6) is 0.0250. The van der Waals surface area contributed by atoms with Gasteiger partial charge in [-0.25, -0.2) is 15.0 Å². The number of carbonyl (C=O) groups is 1. The minimum absolute atomic E-state index is 0.253. The second-order valence-corrected chi connectivity index (χ2v) is 8.69. The van der Waals surface area contributed by atoms with E-state index in [4.69, 9.17) is 10.7 Å². The van der Waals surface area contributed by atoms with Gasteiger partial charge in [0.05, 0.1) is 17.1 Å². The summed E-state index contributed by atoms with van der Waals surface area (Å²) in [6, 6.07) is 16.6. The van der Waals surface area contributed by atoms with Gasteiger partial charge in [0.25, 0.3) is 5.91 Å². The van der Waals surface area contributed by atoms with Gasteiger partial charge in [-0.1, -0.05) is 6.07 Å². The fraction of sp³-hybridized carbons (Fsp3) is 0.0833. The van der Waals surface area contributed by atoms with Crippen molar-refractivity contribution >= 4 is 45.2 Å². The fourth-order valence-corrected chi connectivity index (χ4v) is 4.45. The van der Waals surface area contributed by atoms with Gasteiger partial charge in [-0.3, -0.25) is 9.20 Å². The van der Waals surface area contributed by atoms with Crippen molar-refractivity contribution in [1.82, 2.24) is 19.4 Å². The molecule has 0 saturated heterocycles.